The van der Waals surface area contributed by atoms with Crippen molar-refractivity contribution in [3.8, 4) is 17.2 Å². The maximum Gasteiger partial charge on any atom is 0.363 e. The molecule has 2 aromatic carbocycles. The standard InChI is InChI=1S/C21H19NO6/c1-4-26-19-12-14(9-10-18(19)27-13(2)23)11-16-21(24)28-20(22-16)15-7-5-6-8-17(15)25-3/h5-12H,4H2,1-3H3/b16-11-. The summed E-state index contributed by atoms with van der Waals surface area (Å²) in [5.41, 5.74) is 1.38. The summed E-state index contributed by atoms with van der Waals surface area (Å²) in [6, 6.07) is 12.1. The Morgan fingerprint density at radius 3 is 2.64 bits per heavy atom. The van der Waals surface area contributed by atoms with E-state index >= 15 is 0 Å². The van der Waals surface area contributed by atoms with Crippen molar-refractivity contribution < 1.29 is 28.5 Å². The molecule has 1 aliphatic heterocycles. The quantitative estimate of drug-likeness (QED) is 0.433. The SMILES string of the molecule is CCOc1cc(/C=C2\N=C(c3ccccc3OC)OC2=O)ccc1OC(C)=O. The van der Waals surface area contributed by atoms with E-state index in [1.54, 1.807) is 42.5 Å². The number of rotatable bonds is 6. The minimum absolute atomic E-state index is 0.142. The van der Waals surface area contributed by atoms with Crippen molar-refractivity contribution in [1.82, 2.24) is 0 Å². The number of carbonyl (C=O) groups excluding carboxylic acids is 2. The lowest BCUT2D eigenvalue weighted by Crippen LogP contribution is -2.07. The van der Waals surface area contributed by atoms with E-state index in [1.165, 1.54) is 14.0 Å². The van der Waals surface area contributed by atoms with Crippen molar-refractivity contribution in [2.45, 2.75) is 13.8 Å². The largest absolute Gasteiger partial charge is 0.496 e. The monoisotopic (exact) mass is 381 g/mol. The van der Waals surface area contributed by atoms with Gasteiger partial charge in [0.25, 0.3) is 0 Å². The number of nitrogens with zero attached hydrogens (tertiary/aromatic N) is 1. The van der Waals surface area contributed by atoms with E-state index in [0.29, 0.717) is 35.0 Å². The Bertz CT molecular complexity index is 977. The smallest absolute Gasteiger partial charge is 0.363 e. The Labute approximate surface area is 162 Å². The number of benzene rings is 2. The van der Waals surface area contributed by atoms with E-state index < -0.39 is 11.9 Å². The third-order valence-electron chi connectivity index (χ3n) is 3.78. The van der Waals surface area contributed by atoms with Crippen molar-refractivity contribution in [2.75, 3.05) is 13.7 Å². The number of para-hydroxylation sites is 1. The summed E-state index contributed by atoms with van der Waals surface area (Å²) in [5.74, 6) is 0.423. The van der Waals surface area contributed by atoms with Gasteiger partial charge in [-0.1, -0.05) is 18.2 Å². The average molecular weight is 381 g/mol. The first-order valence-electron chi connectivity index (χ1n) is 8.63. The lowest BCUT2D eigenvalue weighted by molar-refractivity contribution is -0.132. The molecular weight excluding hydrogens is 362 g/mol. The molecule has 3 rings (SSSR count). The second-order valence-corrected chi connectivity index (χ2v) is 5.77. The Balaban J connectivity index is 1.94. The van der Waals surface area contributed by atoms with Crippen LogP contribution in [0.3, 0.4) is 0 Å². The number of hydrogen-bond donors (Lipinski definition) is 0. The van der Waals surface area contributed by atoms with Gasteiger partial charge in [0, 0.05) is 6.92 Å². The molecule has 144 valence electrons. The first-order valence-corrected chi connectivity index (χ1v) is 8.63. The van der Waals surface area contributed by atoms with Gasteiger partial charge in [-0.3, -0.25) is 4.79 Å². The lowest BCUT2D eigenvalue weighted by atomic mass is 10.1. The summed E-state index contributed by atoms with van der Waals surface area (Å²) < 4.78 is 21.2. The maximum absolute atomic E-state index is 12.2. The van der Waals surface area contributed by atoms with Crippen LogP contribution >= 0.6 is 0 Å². The zero-order chi connectivity index (χ0) is 20.1. The molecule has 0 radical (unpaired) electrons. The number of methoxy groups -OCH3 is 1. The molecule has 0 saturated heterocycles. The molecule has 28 heavy (non-hydrogen) atoms. The van der Waals surface area contributed by atoms with Crippen molar-refractivity contribution in [3.63, 3.8) is 0 Å². The minimum atomic E-state index is -0.567. The molecule has 0 amide bonds. The minimum Gasteiger partial charge on any atom is -0.496 e. The van der Waals surface area contributed by atoms with Gasteiger partial charge >= 0.3 is 11.9 Å². The summed E-state index contributed by atoms with van der Waals surface area (Å²) in [6.07, 6.45) is 1.57. The fraction of sp³-hybridized carbons (Fsp3) is 0.190. The van der Waals surface area contributed by atoms with Gasteiger partial charge in [0.2, 0.25) is 5.90 Å². The van der Waals surface area contributed by atoms with E-state index in [9.17, 15) is 9.59 Å². The van der Waals surface area contributed by atoms with Gasteiger partial charge < -0.3 is 18.9 Å². The van der Waals surface area contributed by atoms with Gasteiger partial charge in [-0.2, -0.15) is 0 Å². The van der Waals surface area contributed by atoms with Gasteiger partial charge in [-0.25, -0.2) is 9.79 Å². The predicted molar refractivity (Wildman–Crippen MR) is 103 cm³/mol. The zero-order valence-electron chi connectivity index (χ0n) is 15.7. The highest BCUT2D eigenvalue weighted by Crippen LogP contribution is 2.31. The van der Waals surface area contributed by atoms with Crippen LogP contribution in [0.4, 0.5) is 0 Å². The van der Waals surface area contributed by atoms with Crippen LogP contribution in [-0.4, -0.2) is 31.6 Å². The third kappa shape index (κ3) is 4.20. The molecule has 1 heterocycles. The summed E-state index contributed by atoms with van der Waals surface area (Å²) in [6.45, 7) is 3.53. The van der Waals surface area contributed by atoms with Gasteiger partial charge in [0.15, 0.2) is 17.2 Å². The summed E-state index contributed by atoms with van der Waals surface area (Å²) in [5, 5.41) is 0. The van der Waals surface area contributed by atoms with Gasteiger partial charge in [-0.15, -0.1) is 0 Å². The van der Waals surface area contributed by atoms with Gasteiger partial charge in [0.1, 0.15) is 5.75 Å². The van der Waals surface area contributed by atoms with Crippen LogP contribution in [0.2, 0.25) is 0 Å². The third-order valence-corrected chi connectivity index (χ3v) is 3.78. The Hall–Kier alpha value is -3.61. The number of hydrogen-bond acceptors (Lipinski definition) is 7. The second-order valence-electron chi connectivity index (χ2n) is 5.77. The van der Waals surface area contributed by atoms with Crippen LogP contribution in [0.5, 0.6) is 17.2 Å². The fourth-order valence-corrected chi connectivity index (χ4v) is 2.63. The van der Waals surface area contributed by atoms with E-state index in [2.05, 4.69) is 4.99 Å². The molecule has 7 heteroatoms. The van der Waals surface area contributed by atoms with Crippen molar-refractivity contribution >= 4 is 23.9 Å². The molecule has 0 aromatic heterocycles. The van der Waals surface area contributed by atoms with Crippen LogP contribution in [-0.2, 0) is 14.3 Å². The first kappa shape index (κ1) is 19.2. The topological polar surface area (TPSA) is 83.4 Å². The summed E-state index contributed by atoms with van der Waals surface area (Å²) in [4.78, 5) is 27.7. The van der Waals surface area contributed by atoms with Crippen LogP contribution in [0.25, 0.3) is 6.08 Å². The van der Waals surface area contributed by atoms with Gasteiger partial charge in [-0.05, 0) is 42.8 Å². The van der Waals surface area contributed by atoms with Crippen LogP contribution in [0, 0.1) is 0 Å². The number of aliphatic imine (C=N–C) groups is 1. The molecule has 0 N–H and O–H groups in total. The van der Waals surface area contributed by atoms with Crippen LogP contribution < -0.4 is 14.2 Å². The first-order chi connectivity index (χ1) is 13.5. The molecule has 2 aromatic rings. The number of carbonyl (C=O) groups is 2. The zero-order valence-corrected chi connectivity index (χ0v) is 15.7. The van der Waals surface area contributed by atoms with Crippen LogP contribution in [0.15, 0.2) is 53.2 Å². The molecule has 0 atom stereocenters. The number of esters is 2. The van der Waals surface area contributed by atoms with E-state index in [4.69, 9.17) is 18.9 Å². The molecule has 0 fully saturated rings. The molecule has 1 aliphatic rings. The van der Waals surface area contributed by atoms with Crippen molar-refractivity contribution in [3.05, 3.63) is 59.3 Å². The highest BCUT2D eigenvalue weighted by atomic mass is 16.6. The van der Waals surface area contributed by atoms with Gasteiger partial charge in [0.05, 0.1) is 19.3 Å². The number of ether oxygens (including phenoxy) is 4. The predicted octanol–water partition coefficient (Wildman–Crippen LogP) is 3.36. The van der Waals surface area contributed by atoms with Crippen LogP contribution in [0.1, 0.15) is 25.0 Å². The molecule has 7 nitrogen and oxygen atoms in total. The molecule has 0 saturated carbocycles. The van der Waals surface area contributed by atoms with Crippen molar-refractivity contribution in [2.24, 2.45) is 4.99 Å². The molecule has 0 unspecified atom stereocenters. The van der Waals surface area contributed by atoms with E-state index in [-0.39, 0.29) is 11.6 Å². The molecule has 0 aliphatic carbocycles. The normalized spacial score (nSPS) is 14.5. The second kappa shape index (κ2) is 8.39. The molecular formula is C21H19NO6. The Morgan fingerprint density at radius 1 is 1.14 bits per heavy atom. The average Bonchev–Trinajstić information content (AvgIpc) is 3.04. The Morgan fingerprint density at radius 2 is 1.93 bits per heavy atom. The molecule has 0 spiro atoms. The van der Waals surface area contributed by atoms with E-state index in [1.807, 2.05) is 13.0 Å². The summed E-state index contributed by atoms with van der Waals surface area (Å²) >= 11 is 0. The highest BCUT2D eigenvalue weighted by Gasteiger charge is 2.26. The van der Waals surface area contributed by atoms with E-state index in [0.717, 1.165) is 0 Å². The Kier molecular flexibility index (Phi) is 5.74. The highest BCUT2D eigenvalue weighted by molar-refractivity contribution is 6.13. The van der Waals surface area contributed by atoms with Crippen molar-refractivity contribution in [1.29, 1.82) is 0 Å². The maximum atomic E-state index is 12.2. The summed E-state index contributed by atoms with van der Waals surface area (Å²) in [7, 11) is 1.53. The molecule has 0 bridgehead atoms. The lowest BCUT2D eigenvalue weighted by Gasteiger charge is -2.10. The number of cyclic esters (lactones) is 1. The fourth-order valence-electron chi connectivity index (χ4n) is 2.63.